The molecule has 2 aromatic rings. The maximum atomic E-state index is 13.5. The van der Waals surface area contributed by atoms with Crippen molar-refractivity contribution in [3.63, 3.8) is 0 Å². The highest BCUT2D eigenvalue weighted by Gasteiger charge is 2.38. The molecular formula is C17H20F3N3O2. The van der Waals surface area contributed by atoms with E-state index in [-0.39, 0.29) is 29.2 Å². The number of nitrogens with zero attached hydrogens (tertiary/aromatic N) is 1. The summed E-state index contributed by atoms with van der Waals surface area (Å²) >= 11 is 0. The van der Waals surface area contributed by atoms with Gasteiger partial charge < -0.3 is 10.1 Å². The number of amides is 1. The number of ether oxygens (including phenoxy) is 1. The van der Waals surface area contributed by atoms with Gasteiger partial charge in [0, 0.05) is 24.3 Å². The second kappa shape index (κ2) is 6.93. The highest BCUT2D eigenvalue weighted by molar-refractivity contribution is 5.84. The van der Waals surface area contributed by atoms with E-state index in [1.165, 1.54) is 12.1 Å². The van der Waals surface area contributed by atoms with Crippen molar-refractivity contribution < 1.29 is 22.7 Å². The van der Waals surface area contributed by atoms with Crippen LogP contribution in [0.4, 0.5) is 13.2 Å². The topological polar surface area (TPSA) is 67.0 Å². The highest BCUT2D eigenvalue weighted by Crippen LogP contribution is 2.41. The van der Waals surface area contributed by atoms with E-state index in [9.17, 15) is 18.0 Å². The molecule has 1 saturated carbocycles. The molecule has 8 heteroatoms. The minimum absolute atomic E-state index is 0.00311. The molecule has 0 radical (unpaired) electrons. The number of aromatic amines is 1. The molecule has 1 aromatic heterocycles. The third kappa shape index (κ3) is 3.88. The summed E-state index contributed by atoms with van der Waals surface area (Å²) in [5, 5.41) is 9.13. The van der Waals surface area contributed by atoms with Gasteiger partial charge in [-0.25, -0.2) is 0 Å². The fraction of sp³-hybridized carbons (Fsp3) is 0.529. The molecule has 1 amide bonds. The number of hydrogen-bond donors (Lipinski definition) is 2. The van der Waals surface area contributed by atoms with Crippen molar-refractivity contribution in [2.24, 2.45) is 0 Å². The summed E-state index contributed by atoms with van der Waals surface area (Å²) in [4.78, 5) is 11.5. The monoisotopic (exact) mass is 355 g/mol. The van der Waals surface area contributed by atoms with Crippen LogP contribution in [-0.4, -0.2) is 28.3 Å². The summed E-state index contributed by atoms with van der Waals surface area (Å²) in [5.74, 6) is -0.240. The van der Waals surface area contributed by atoms with Gasteiger partial charge in [-0.3, -0.25) is 9.89 Å². The number of aromatic nitrogens is 2. The Morgan fingerprint density at radius 1 is 1.40 bits per heavy atom. The minimum atomic E-state index is -4.54. The van der Waals surface area contributed by atoms with E-state index in [0.29, 0.717) is 24.8 Å². The maximum absolute atomic E-state index is 13.5. The van der Waals surface area contributed by atoms with Gasteiger partial charge in [0.05, 0.1) is 11.7 Å². The van der Waals surface area contributed by atoms with E-state index >= 15 is 0 Å². The van der Waals surface area contributed by atoms with E-state index in [2.05, 4.69) is 15.5 Å². The van der Waals surface area contributed by atoms with Crippen LogP contribution in [0.1, 0.15) is 44.6 Å². The number of hydrogen-bond acceptors (Lipinski definition) is 3. The maximum Gasteiger partial charge on any atom is 0.420 e. The molecule has 1 aromatic carbocycles. The molecule has 2 N–H and O–H groups in total. The number of rotatable bonds is 4. The third-order valence-corrected chi connectivity index (χ3v) is 4.48. The first-order valence-electron chi connectivity index (χ1n) is 8.37. The number of carbonyl (C=O) groups is 1. The molecule has 2 unspecified atom stereocenters. The summed E-state index contributed by atoms with van der Waals surface area (Å²) in [6.07, 6.45) is -0.559. The third-order valence-electron chi connectivity index (χ3n) is 4.48. The van der Waals surface area contributed by atoms with Crippen LogP contribution in [0.2, 0.25) is 0 Å². The van der Waals surface area contributed by atoms with Crippen molar-refractivity contribution in [2.75, 3.05) is 0 Å². The molecule has 5 nitrogen and oxygen atoms in total. The fourth-order valence-electron chi connectivity index (χ4n) is 3.28. The van der Waals surface area contributed by atoms with E-state index in [0.717, 1.165) is 19.0 Å². The molecular weight excluding hydrogens is 335 g/mol. The molecule has 2 atom stereocenters. The van der Waals surface area contributed by atoms with Crippen LogP contribution >= 0.6 is 0 Å². The van der Waals surface area contributed by atoms with Gasteiger partial charge in [0.1, 0.15) is 17.4 Å². The Hall–Kier alpha value is -2.25. The molecule has 0 saturated heterocycles. The van der Waals surface area contributed by atoms with Gasteiger partial charge in [-0.05, 0) is 31.4 Å². The first kappa shape index (κ1) is 17.6. The Balaban J connectivity index is 1.81. The van der Waals surface area contributed by atoms with Gasteiger partial charge in [-0.15, -0.1) is 0 Å². The van der Waals surface area contributed by atoms with Crippen molar-refractivity contribution in [3.05, 3.63) is 23.9 Å². The zero-order chi connectivity index (χ0) is 18.0. The first-order valence-corrected chi connectivity index (χ1v) is 8.37. The smallest absolute Gasteiger partial charge is 0.420 e. The summed E-state index contributed by atoms with van der Waals surface area (Å²) < 4.78 is 46.3. The zero-order valence-corrected chi connectivity index (χ0v) is 13.8. The van der Waals surface area contributed by atoms with Crippen molar-refractivity contribution in [1.29, 1.82) is 0 Å². The van der Waals surface area contributed by atoms with Crippen molar-refractivity contribution in [3.8, 4) is 5.75 Å². The fourth-order valence-corrected chi connectivity index (χ4v) is 3.28. The first-order chi connectivity index (χ1) is 11.9. The molecule has 1 aliphatic carbocycles. The lowest BCUT2D eigenvalue weighted by Crippen LogP contribution is -2.41. The number of halogens is 3. The van der Waals surface area contributed by atoms with E-state index in [1.54, 1.807) is 6.92 Å². The number of alkyl halides is 3. The Morgan fingerprint density at radius 3 is 2.92 bits per heavy atom. The predicted molar refractivity (Wildman–Crippen MR) is 86.2 cm³/mol. The van der Waals surface area contributed by atoms with Crippen LogP contribution < -0.4 is 10.1 Å². The molecule has 1 aliphatic rings. The lowest BCUT2D eigenvalue weighted by molar-refractivity contribution is -0.138. The summed E-state index contributed by atoms with van der Waals surface area (Å²) in [5.41, 5.74) is -0.491. The van der Waals surface area contributed by atoms with Gasteiger partial charge in [0.25, 0.3) is 0 Å². The van der Waals surface area contributed by atoms with E-state index < -0.39 is 11.7 Å². The predicted octanol–water partition coefficient (Wildman–Crippen LogP) is 3.80. The number of H-pyrrole nitrogens is 1. The quantitative estimate of drug-likeness (QED) is 0.877. The number of nitrogens with one attached hydrogen (secondary N) is 2. The molecule has 25 heavy (non-hydrogen) atoms. The van der Waals surface area contributed by atoms with Crippen LogP contribution in [-0.2, 0) is 11.0 Å². The lowest BCUT2D eigenvalue weighted by atomic mass is 9.92. The van der Waals surface area contributed by atoms with Crippen LogP contribution in [0.15, 0.2) is 18.3 Å². The molecule has 1 heterocycles. The molecule has 136 valence electrons. The normalized spacial score (nSPS) is 21.3. The average molecular weight is 355 g/mol. The van der Waals surface area contributed by atoms with Gasteiger partial charge in [-0.2, -0.15) is 18.3 Å². The molecule has 0 aliphatic heterocycles. The summed E-state index contributed by atoms with van der Waals surface area (Å²) in [7, 11) is 0. The summed E-state index contributed by atoms with van der Waals surface area (Å²) in [6.45, 7) is 1.77. The van der Waals surface area contributed by atoms with Crippen molar-refractivity contribution in [1.82, 2.24) is 15.5 Å². The van der Waals surface area contributed by atoms with E-state index in [4.69, 9.17) is 4.74 Å². The second-order valence-corrected chi connectivity index (χ2v) is 6.29. The van der Waals surface area contributed by atoms with E-state index in [1.807, 2.05) is 0 Å². The van der Waals surface area contributed by atoms with Crippen molar-refractivity contribution in [2.45, 2.75) is 57.3 Å². The van der Waals surface area contributed by atoms with Gasteiger partial charge in [-0.1, -0.05) is 6.92 Å². The van der Waals surface area contributed by atoms with Crippen LogP contribution in [0, 0.1) is 0 Å². The second-order valence-electron chi connectivity index (χ2n) is 6.29. The molecule has 3 rings (SSSR count). The molecule has 0 bridgehead atoms. The van der Waals surface area contributed by atoms with Crippen LogP contribution in [0.25, 0.3) is 10.9 Å². The minimum Gasteiger partial charge on any atom is -0.490 e. The largest absolute Gasteiger partial charge is 0.490 e. The van der Waals surface area contributed by atoms with Gasteiger partial charge >= 0.3 is 6.18 Å². The molecule has 1 fully saturated rings. The zero-order valence-electron chi connectivity index (χ0n) is 13.8. The number of carbonyl (C=O) groups excluding carboxylic acids is 1. The van der Waals surface area contributed by atoms with Crippen molar-refractivity contribution >= 4 is 16.8 Å². The average Bonchev–Trinajstić information content (AvgIpc) is 3.02. The van der Waals surface area contributed by atoms with Crippen LogP contribution in [0.5, 0.6) is 5.75 Å². The SMILES string of the molecule is CCC(=O)NC1CCCC(Oc2ccc3[nH]ncc3c2C(F)(F)F)C1. The number of benzene rings is 1. The Kier molecular flexibility index (Phi) is 4.87. The Bertz CT molecular complexity index is 757. The number of fused-ring (bicyclic) bond motifs is 1. The lowest BCUT2D eigenvalue weighted by Gasteiger charge is -2.31. The molecule has 0 spiro atoms. The van der Waals surface area contributed by atoms with Gasteiger partial charge in [0.15, 0.2) is 0 Å². The standard InChI is InChI=1S/C17H20F3N3O2/c1-2-15(24)22-10-4-3-5-11(8-10)25-14-7-6-13-12(9-21-23-13)16(14)17(18,19)20/h6-7,9-11H,2-5,8H2,1H3,(H,21,23)(H,22,24). The van der Waals surface area contributed by atoms with Gasteiger partial charge in [0.2, 0.25) is 5.91 Å². The highest BCUT2D eigenvalue weighted by atomic mass is 19.4. The Labute approximate surface area is 142 Å². The summed E-state index contributed by atoms with van der Waals surface area (Å²) in [6, 6.07) is 2.81. The van der Waals surface area contributed by atoms with Crippen LogP contribution in [0.3, 0.4) is 0 Å². The Morgan fingerprint density at radius 2 is 2.20 bits per heavy atom.